The number of H-pyrrole nitrogens is 1. The number of aromatic amines is 1. The summed E-state index contributed by atoms with van der Waals surface area (Å²) in [6.07, 6.45) is 9.22. The third-order valence-corrected chi connectivity index (χ3v) is 4.46. The van der Waals surface area contributed by atoms with Gasteiger partial charge in [-0.1, -0.05) is 0 Å². The minimum absolute atomic E-state index is 0.948. The lowest BCUT2D eigenvalue weighted by Gasteiger charge is -2.33. The van der Waals surface area contributed by atoms with Gasteiger partial charge in [0.25, 0.3) is 0 Å². The molecule has 4 rings (SSSR count). The van der Waals surface area contributed by atoms with Crippen molar-refractivity contribution in [2.75, 3.05) is 18.0 Å². The number of aromatic nitrogens is 3. The first kappa shape index (κ1) is 10.4. The summed E-state index contributed by atoms with van der Waals surface area (Å²) in [7, 11) is 0. The van der Waals surface area contributed by atoms with Crippen LogP contribution in [-0.4, -0.2) is 28.0 Å². The van der Waals surface area contributed by atoms with Gasteiger partial charge in [-0.3, -0.25) is 0 Å². The van der Waals surface area contributed by atoms with Crippen LogP contribution in [0.3, 0.4) is 0 Å². The summed E-state index contributed by atoms with van der Waals surface area (Å²) in [6.45, 7) is 2.30. The summed E-state index contributed by atoms with van der Waals surface area (Å²) in [5.74, 6) is 3.13. The first-order chi connectivity index (χ1) is 8.92. The molecule has 3 heterocycles. The molecule has 1 saturated heterocycles. The Morgan fingerprint density at radius 3 is 2.61 bits per heavy atom. The van der Waals surface area contributed by atoms with Crippen LogP contribution in [0.1, 0.15) is 25.7 Å². The maximum Gasteiger partial charge on any atom is 0.142 e. The number of hydrogen-bond donors (Lipinski definition) is 1. The summed E-state index contributed by atoms with van der Waals surface area (Å²) in [4.78, 5) is 14.3. The molecule has 2 aromatic heterocycles. The maximum absolute atomic E-state index is 4.48. The van der Waals surface area contributed by atoms with Crippen LogP contribution in [0.25, 0.3) is 11.0 Å². The molecule has 0 amide bonds. The van der Waals surface area contributed by atoms with Crippen molar-refractivity contribution in [3.8, 4) is 0 Å². The van der Waals surface area contributed by atoms with Gasteiger partial charge in [0, 0.05) is 19.3 Å². The predicted molar refractivity (Wildman–Crippen MR) is 71.5 cm³/mol. The van der Waals surface area contributed by atoms with E-state index in [0.29, 0.717) is 0 Å². The summed E-state index contributed by atoms with van der Waals surface area (Å²) in [5.41, 5.74) is 0.948. The molecule has 94 valence electrons. The van der Waals surface area contributed by atoms with Gasteiger partial charge in [0.2, 0.25) is 0 Å². The molecule has 2 fully saturated rings. The highest BCUT2D eigenvalue weighted by atomic mass is 15.2. The Hall–Kier alpha value is -1.58. The van der Waals surface area contributed by atoms with Gasteiger partial charge in [0.05, 0.1) is 5.39 Å². The van der Waals surface area contributed by atoms with E-state index in [1.165, 1.54) is 25.7 Å². The van der Waals surface area contributed by atoms with E-state index in [1.54, 1.807) is 6.33 Å². The van der Waals surface area contributed by atoms with Gasteiger partial charge in [-0.05, 0) is 43.6 Å². The number of piperidine rings is 1. The van der Waals surface area contributed by atoms with Crippen LogP contribution in [0.5, 0.6) is 0 Å². The van der Waals surface area contributed by atoms with Crippen LogP contribution in [0, 0.1) is 11.8 Å². The summed E-state index contributed by atoms with van der Waals surface area (Å²) in [6, 6.07) is 2.08. The molecule has 0 radical (unpaired) electrons. The Morgan fingerprint density at radius 1 is 1.06 bits per heavy atom. The van der Waals surface area contributed by atoms with Crippen molar-refractivity contribution in [3.05, 3.63) is 18.6 Å². The Morgan fingerprint density at radius 2 is 1.83 bits per heavy atom. The second kappa shape index (κ2) is 3.97. The van der Waals surface area contributed by atoms with Gasteiger partial charge in [0.1, 0.15) is 17.8 Å². The molecular formula is C14H18N4. The maximum atomic E-state index is 4.48. The Balaban J connectivity index is 1.58. The van der Waals surface area contributed by atoms with Crippen molar-refractivity contribution < 1.29 is 0 Å². The summed E-state index contributed by atoms with van der Waals surface area (Å²) < 4.78 is 0. The molecule has 4 nitrogen and oxygen atoms in total. The van der Waals surface area contributed by atoms with E-state index in [9.17, 15) is 0 Å². The molecule has 1 saturated carbocycles. The van der Waals surface area contributed by atoms with E-state index >= 15 is 0 Å². The fourth-order valence-corrected chi connectivity index (χ4v) is 3.26. The van der Waals surface area contributed by atoms with Gasteiger partial charge < -0.3 is 9.88 Å². The fourth-order valence-electron chi connectivity index (χ4n) is 3.26. The number of nitrogens with zero attached hydrogens (tertiary/aromatic N) is 3. The normalized spacial score (nSPS) is 21.7. The Bertz CT molecular complexity index is 550. The van der Waals surface area contributed by atoms with Crippen molar-refractivity contribution in [3.63, 3.8) is 0 Å². The Kier molecular flexibility index (Phi) is 2.28. The highest BCUT2D eigenvalue weighted by Gasteiger charge is 2.33. The fraction of sp³-hybridized carbons (Fsp3) is 0.571. The lowest BCUT2D eigenvalue weighted by Crippen LogP contribution is -2.34. The molecule has 1 N–H and O–H groups in total. The quantitative estimate of drug-likeness (QED) is 0.880. The zero-order valence-corrected chi connectivity index (χ0v) is 10.5. The molecule has 0 unspecified atom stereocenters. The van der Waals surface area contributed by atoms with E-state index < -0.39 is 0 Å². The molecule has 2 aliphatic rings. The van der Waals surface area contributed by atoms with Gasteiger partial charge in [0.15, 0.2) is 0 Å². The number of anilines is 1. The van der Waals surface area contributed by atoms with Crippen LogP contribution in [0.2, 0.25) is 0 Å². The van der Waals surface area contributed by atoms with E-state index in [0.717, 1.165) is 41.8 Å². The van der Waals surface area contributed by atoms with E-state index in [2.05, 4.69) is 25.9 Å². The van der Waals surface area contributed by atoms with E-state index in [-0.39, 0.29) is 0 Å². The highest BCUT2D eigenvalue weighted by Crippen LogP contribution is 2.42. The predicted octanol–water partition coefficient (Wildman–Crippen LogP) is 2.58. The van der Waals surface area contributed by atoms with Crippen molar-refractivity contribution in [1.82, 2.24) is 15.0 Å². The first-order valence-electron chi connectivity index (χ1n) is 6.95. The van der Waals surface area contributed by atoms with Gasteiger partial charge in [-0.15, -0.1) is 0 Å². The third kappa shape index (κ3) is 1.67. The van der Waals surface area contributed by atoms with Gasteiger partial charge in [-0.25, -0.2) is 9.97 Å². The highest BCUT2D eigenvalue weighted by molar-refractivity contribution is 5.87. The van der Waals surface area contributed by atoms with E-state index in [4.69, 9.17) is 0 Å². The molecule has 0 bridgehead atoms. The van der Waals surface area contributed by atoms with Crippen LogP contribution in [0.15, 0.2) is 18.6 Å². The molecule has 18 heavy (non-hydrogen) atoms. The second-order valence-electron chi connectivity index (χ2n) is 5.60. The Labute approximate surface area is 106 Å². The zero-order valence-electron chi connectivity index (χ0n) is 10.5. The molecule has 0 spiro atoms. The summed E-state index contributed by atoms with van der Waals surface area (Å²) in [5, 5.41) is 1.15. The molecule has 0 atom stereocenters. The number of nitrogens with one attached hydrogen (secondary N) is 1. The van der Waals surface area contributed by atoms with Crippen molar-refractivity contribution in [2.24, 2.45) is 11.8 Å². The van der Waals surface area contributed by atoms with Crippen LogP contribution >= 0.6 is 0 Å². The second-order valence-corrected chi connectivity index (χ2v) is 5.60. The van der Waals surface area contributed by atoms with Crippen LogP contribution in [0.4, 0.5) is 5.82 Å². The first-order valence-corrected chi connectivity index (χ1v) is 6.95. The monoisotopic (exact) mass is 242 g/mol. The molecule has 0 aromatic carbocycles. The van der Waals surface area contributed by atoms with Crippen molar-refractivity contribution in [2.45, 2.75) is 25.7 Å². The summed E-state index contributed by atoms with van der Waals surface area (Å²) >= 11 is 0. The van der Waals surface area contributed by atoms with Crippen LogP contribution in [-0.2, 0) is 0 Å². The molecule has 1 aliphatic carbocycles. The molecular weight excluding hydrogens is 224 g/mol. The average molecular weight is 242 g/mol. The minimum atomic E-state index is 0.948. The van der Waals surface area contributed by atoms with E-state index in [1.807, 2.05) is 6.20 Å². The smallest absolute Gasteiger partial charge is 0.142 e. The molecule has 2 aromatic rings. The molecule has 1 aliphatic heterocycles. The lowest BCUT2D eigenvalue weighted by molar-refractivity contribution is 0.362. The SMILES string of the molecule is c1nc(N2CCC(C3CC3)CC2)c2cc[nH]c2n1. The number of fused-ring (bicyclic) bond motifs is 1. The topological polar surface area (TPSA) is 44.8 Å². The molecule has 4 heteroatoms. The average Bonchev–Trinajstić information content (AvgIpc) is 3.16. The van der Waals surface area contributed by atoms with Crippen molar-refractivity contribution >= 4 is 16.9 Å². The largest absolute Gasteiger partial charge is 0.356 e. The van der Waals surface area contributed by atoms with Crippen LogP contribution < -0.4 is 4.90 Å². The van der Waals surface area contributed by atoms with Gasteiger partial charge >= 0.3 is 0 Å². The van der Waals surface area contributed by atoms with Crippen molar-refractivity contribution in [1.29, 1.82) is 0 Å². The third-order valence-electron chi connectivity index (χ3n) is 4.46. The van der Waals surface area contributed by atoms with Gasteiger partial charge in [-0.2, -0.15) is 0 Å². The standard InChI is InChI=1S/C14H18N4/c1-2-10(1)11-4-7-18(8-5-11)14-12-3-6-15-13(12)16-9-17-14/h3,6,9-11H,1-2,4-5,7-8H2,(H,15,16,17). The zero-order chi connectivity index (χ0) is 11.9. The number of rotatable bonds is 2. The number of hydrogen-bond acceptors (Lipinski definition) is 3. The lowest BCUT2D eigenvalue weighted by atomic mass is 9.92. The minimum Gasteiger partial charge on any atom is -0.356 e.